The fourth-order valence-electron chi connectivity index (χ4n) is 2.87. The molecule has 0 bridgehead atoms. The molecule has 1 aliphatic rings. The average molecular weight is 255 g/mol. The van der Waals surface area contributed by atoms with Crippen molar-refractivity contribution < 1.29 is 0 Å². The summed E-state index contributed by atoms with van der Waals surface area (Å²) in [4.78, 5) is 4.64. The molecule has 0 atom stereocenters. The van der Waals surface area contributed by atoms with Crippen molar-refractivity contribution in [2.75, 3.05) is 5.32 Å². The molecule has 0 aliphatic heterocycles. The van der Waals surface area contributed by atoms with E-state index < -0.39 is 0 Å². The summed E-state index contributed by atoms with van der Waals surface area (Å²) >= 11 is 0. The number of rotatable bonds is 3. The van der Waals surface area contributed by atoms with Crippen LogP contribution >= 0.6 is 0 Å². The van der Waals surface area contributed by atoms with E-state index in [-0.39, 0.29) is 0 Å². The van der Waals surface area contributed by atoms with E-state index >= 15 is 0 Å². The van der Waals surface area contributed by atoms with Crippen molar-refractivity contribution in [1.29, 1.82) is 0 Å². The van der Waals surface area contributed by atoms with E-state index in [2.05, 4.69) is 59.2 Å². The Labute approximate surface area is 114 Å². The second-order valence-corrected chi connectivity index (χ2v) is 5.49. The summed E-state index contributed by atoms with van der Waals surface area (Å²) in [5, 5.41) is 3.61. The van der Waals surface area contributed by atoms with Gasteiger partial charge in [-0.15, -0.1) is 0 Å². The lowest BCUT2D eigenvalue weighted by Crippen LogP contribution is -2.17. The molecule has 100 valence electrons. The van der Waals surface area contributed by atoms with Crippen molar-refractivity contribution in [2.45, 2.75) is 45.6 Å². The molecule has 1 saturated carbocycles. The minimum atomic E-state index is 0.588. The fourth-order valence-corrected chi connectivity index (χ4v) is 2.87. The highest BCUT2D eigenvalue weighted by atomic mass is 15.2. The van der Waals surface area contributed by atoms with Gasteiger partial charge in [-0.2, -0.15) is 0 Å². The van der Waals surface area contributed by atoms with Crippen LogP contribution in [0.15, 0.2) is 30.5 Å². The molecule has 0 spiro atoms. The van der Waals surface area contributed by atoms with Gasteiger partial charge in [-0.05, 0) is 38.3 Å². The van der Waals surface area contributed by atoms with Crippen molar-refractivity contribution >= 4 is 5.95 Å². The van der Waals surface area contributed by atoms with Gasteiger partial charge >= 0.3 is 0 Å². The first-order valence-corrected chi connectivity index (χ1v) is 7.12. The standard InChI is InChI=1S/C16H21N3/c1-12-7-3-6-10-15(12)19-11-13(2)17-16(19)18-14-8-4-5-9-14/h3,6-7,10-11,14H,4-5,8-9H2,1-2H3,(H,17,18). The molecule has 0 amide bonds. The molecule has 1 aliphatic carbocycles. The van der Waals surface area contributed by atoms with E-state index in [1.807, 2.05) is 0 Å². The third-order valence-electron chi connectivity index (χ3n) is 3.89. The van der Waals surface area contributed by atoms with Gasteiger partial charge in [0.05, 0.1) is 11.4 Å². The van der Waals surface area contributed by atoms with Crippen LogP contribution in [0.4, 0.5) is 5.95 Å². The number of benzene rings is 1. The van der Waals surface area contributed by atoms with Crippen LogP contribution in [0.1, 0.15) is 36.9 Å². The first kappa shape index (κ1) is 12.3. The Balaban J connectivity index is 1.94. The Bertz CT molecular complexity index is 565. The highest BCUT2D eigenvalue weighted by Gasteiger charge is 2.18. The molecule has 1 fully saturated rings. The normalized spacial score (nSPS) is 15.9. The van der Waals surface area contributed by atoms with Crippen LogP contribution in [0.2, 0.25) is 0 Å². The van der Waals surface area contributed by atoms with Crippen molar-refractivity contribution in [1.82, 2.24) is 9.55 Å². The number of nitrogens with one attached hydrogen (secondary N) is 1. The molecule has 3 rings (SSSR count). The number of anilines is 1. The number of para-hydroxylation sites is 1. The summed E-state index contributed by atoms with van der Waals surface area (Å²) < 4.78 is 2.18. The van der Waals surface area contributed by atoms with Gasteiger partial charge in [-0.1, -0.05) is 31.0 Å². The third-order valence-corrected chi connectivity index (χ3v) is 3.89. The van der Waals surface area contributed by atoms with E-state index in [9.17, 15) is 0 Å². The monoisotopic (exact) mass is 255 g/mol. The van der Waals surface area contributed by atoms with Gasteiger partial charge in [0.25, 0.3) is 0 Å². The Hall–Kier alpha value is -1.77. The van der Waals surface area contributed by atoms with Gasteiger partial charge < -0.3 is 5.32 Å². The number of imidazole rings is 1. The summed E-state index contributed by atoms with van der Waals surface area (Å²) in [6, 6.07) is 9.04. The molecule has 1 N–H and O–H groups in total. The zero-order valence-electron chi connectivity index (χ0n) is 11.7. The maximum absolute atomic E-state index is 4.64. The smallest absolute Gasteiger partial charge is 0.207 e. The SMILES string of the molecule is Cc1cn(-c2ccccc2C)c(NC2CCCC2)n1. The van der Waals surface area contributed by atoms with Gasteiger partial charge in [-0.3, -0.25) is 4.57 Å². The average Bonchev–Trinajstić information content (AvgIpc) is 3.01. The van der Waals surface area contributed by atoms with Gasteiger partial charge in [-0.25, -0.2) is 4.98 Å². The van der Waals surface area contributed by atoms with Gasteiger partial charge in [0.2, 0.25) is 5.95 Å². The minimum Gasteiger partial charge on any atom is -0.353 e. The maximum Gasteiger partial charge on any atom is 0.207 e. The molecule has 19 heavy (non-hydrogen) atoms. The summed E-state index contributed by atoms with van der Waals surface area (Å²) in [5.74, 6) is 0.985. The quantitative estimate of drug-likeness (QED) is 0.903. The largest absolute Gasteiger partial charge is 0.353 e. The van der Waals surface area contributed by atoms with Crippen LogP contribution in [0.5, 0.6) is 0 Å². The Morgan fingerprint density at radius 3 is 2.63 bits per heavy atom. The molecule has 3 nitrogen and oxygen atoms in total. The van der Waals surface area contributed by atoms with Gasteiger partial charge in [0.15, 0.2) is 0 Å². The zero-order chi connectivity index (χ0) is 13.2. The van der Waals surface area contributed by atoms with E-state index in [0.717, 1.165) is 11.6 Å². The topological polar surface area (TPSA) is 29.9 Å². The Morgan fingerprint density at radius 2 is 1.89 bits per heavy atom. The van der Waals surface area contributed by atoms with Gasteiger partial charge in [0.1, 0.15) is 0 Å². The van der Waals surface area contributed by atoms with Crippen LogP contribution in [-0.4, -0.2) is 15.6 Å². The number of hydrogen-bond donors (Lipinski definition) is 1. The minimum absolute atomic E-state index is 0.588. The van der Waals surface area contributed by atoms with E-state index in [4.69, 9.17) is 0 Å². The van der Waals surface area contributed by atoms with Crippen molar-refractivity contribution in [3.63, 3.8) is 0 Å². The van der Waals surface area contributed by atoms with Crippen LogP contribution in [0, 0.1) is 13.8 Å². The summed E-state index contributed by atoms with van der Waals surface area (Å²) in [5.41, 5.74) is 3.54. The highest BCUT2D eigenvalue weighted by Crippen LogP contribution is 2.25. The number of nitrogens with zero attached hydrogens (tertiary/aromatic N) is 2. The molecule has 0 radical (unpaired) electrons. The van der Waals surface area contributed by atoms with Crippen LogP contribution in [0.3, 0.4) is 0 Å². The van der Waals surface area contributed by atoms with Crippen molar-refractivity contribution in [3.05, 3.63) is 41.7 Å². The molecule has 0 unspecified atom stereocenters. The predicted molar refractivity (Wildman–Crippen MR) is 78.9 cm³/mol. The third kappa shape index (κ3) is 2.50. The second-order valence-electron chi connectivity index (χ2n) is 5.49. The molecule has 1 heterocycles. The molecule has 1 aromatic carbocycles. The predicted octanol–water partition coefficient (Wildman–Crippen LogP) is 3.84. The fraction of sp³-hybridized carbons (Fsp3) is 0.438. The lowest BCUT2D eigenvalue weighted by atomic mass is 10.2. The zero-order valence-corrected chi connectivity index (χ0v) is 11.7. The Kier molecular flexibility index (Phi) is 3.28. The van der Waals surface area contributed by atoms with Gasteiger partial charge in [0, 0.05) is 12.2 Å². The molecule has 1 aromatic heterocycles. The van der Waals surface area contributed by atoms with E-state index in [0.29, 0.717) is 6.04 Å². The molecular weight excluding hydrogens is 234 g/mol. The Morgan fingerprint density at radius 1 is 1.16 bits per heavy atom. The number of aryl methyl sites for hydroxylation is 2. The van der Waals surface area contributed by atoms with E-state index in [1.165, 1.54) is 36.9 Å². The summed E-state index contributed by atoms with van der Waals surface area (Å²) in [6.07, 6.45) is 7.31. The second kappa shape index (κ2) is 5.08. The summed E-state index contributed by atoms with van der Waals surface area (Å²) in [7, 11) is 0. The molecule has 0 saturated heterocycles. The summed E-state index contributed by atoms with van der Waals surface area (Å²) in [6.45, 7) is 4.19. The van der Waals surface area contributed by atoms with Crippen molar-refractivity contribution in [2.24, 2.45) is 0 Å². The van der Waals surface area contributed by atoms with Crippen molar-refractivity contribution in [3.8, 4) is 5.69 Å². The van der Waals surface area contributed by atoms with Crippen LogP contribution < -0.4 is 5.32 Å². The first-order chi connectivity index (χ1) is 9.24. The lowest BCUT2D eigenvalue weighted by Gasteiger charge is -2.15. The first-order valence-electron chi connectivity index (χ1n) is 7.12. The molecule has 3 heteroatoms. The number of aromatic nitrogens is 2. The maximum atomic E-state index is 4.64. The lowest BCUT2D eigenvalue weighted by molar-refractivity contribution is 0.740. The molecular formula is C16H21N3. The number of hydrogen-bond acceptors (Lipinski definition) is 2. The van der Waals surface area contributed by atoms with Crippen LogP contribution in [-0.2, 0) is 0 Å². The van der Waals surface area contributed by atoms with E-state index in [1.54, 1.807) is 0 Å². The molecule has 2 aromatic rings. The van der Waals surface area contributed by atoms with Crippen LogP contribution in [0.25, 0.3) is 5.69 Å². The highest BCUT2D eigenvalue weighted by molar-refractivity contribution is 5.48.